The minimum atomic E-state index is -0.562. The Labute approximate surface area is 56.3 Å². The third-order valence-electron chi connectivity index (χ3n) is 1.03. The van der Waals surface area contributed by atoms with Gasteiger partial charge in [0.15, 0.2) is 0 Å². The molecule has 0 fully saturated rings. The highest BCUT2D eigenvalue weighted by atomic mass is 16.9. The summed E-state index contributed by atoms with van der Waals surface area (Å²) in [5, 5.41) is 11.0. The highest BCUT2D eigenvalue weighted by molar-refractivity contribution is 4.24. The predicted molar refractivity (Wildman–Crippen MR) is 36.3 cm³/mol. The lowest BCUT2D eigenvalue weighted by molar-refractivity contribution is -1.05. The van der Waals surface area contributed by atoms with Gasteiger partial charge in [0.05, 0.1) is 7.05 Å². The molecule has 0 spiro atoms. The molecule has 3 heteroatoms. The van der Waals surface area contributed by atoms with Gasteiger partial charge in [-0.25, -0.2) is 9.65 Å². The van der Waals surface area contributed by atoms with Crippen molar-refractivity contribution < 1.29 is 9.65 Å². The molecule has 0 heterocycles. The molecular weight excluding hydrogens is 118 g/mol. The first-order valence-electron chi connectivity index (χ1n) is 3.33. The van der Waals surface area contributed by atoms with Crippen LogP contribution in [0.3, 0.4) is 0 Å². The fraction of sp³-hybridized carbons (Fsp3) is 1.00. The number of hydrogen-bond acceptors (Lipinski definition) is 2. The molecular formula is C6H15NO2. The van der Waals surface area contributed by atoms with E-state index in [4.69, 9.17) is 4.84 Å². The summed E-state index contributed by atoms with van der Waals surface area (Å²) in [4.78, 5) is 4.29. The second kappa shape index (κ2) is 3.82. The van der Waals surface area contributed by atoms with Crippen molar-refractivity contribution in [2.75, 3.05) is 20.2 Å². The molecule has 0 rings (SSSR count). The average molecular weight is 133 g/mol. The summed E-state index contributed by atoms with van der Waals surface area (Å²) in [5.41, 5.74) is 0. The Kier molecular flexibility index (Phi) is 3.77. The van der Waals surface area contributed by atoms with Crippen LogP contribution in [0.1, 0.15) is 20.3 Å². The standard InChI is InChI=1S/C6H15NO2/c1-4-6-7(3,8)9-5-2/h4-6H2,1-3H3. The molecule has 56 valence electrons. The van der Waals surface area contributed by atoms with Crippen LogP contribution < -0.4 is 0 Å². The van der Waals surface area contributed by atoms with Crippen molar-refractivity contribution in [3.8, 4) is 0 Å². The van der Waals surface area contributed by atoms with E-state index < -0.39 is 4.81 Å². The van der Waals surface area contributed by atoms with Crippen molar-refractivity contribution >= 4 is 0 Å². The zero-order chi connectivity index (χ0) is 7.33. The van der Waals surface area contributed by atoms with E-state index in [1.54, 1.807) is 0 Å². The Bertz CT molecular complexity index is 65.5. The maximum Gasteiger partial charge on any atom is 0.108 e. The molecule has 0 aliphatic rings. The number of nitrogens with zero attached hydrogens (tertiary/aromatic N) is 1. The summed E-state index contributed by atoms with van der Waals surface area (Å²) in [5.74, 6) is 0. The van der Waals surface area contributed by atoms with Gasteiger partial charge in [-0.15, -0.1) is 0 Å². The quantitative estimate of drug-likeness (QED) is 0.427. The van der Waals surface area contributed by atoms with E-state index >= 15 is 0 Å². The molecule has 0 saturated heterocycles. The van der Waals surface area contributed by atoms with E-state index in [1.807, 2.05) is 13.8 Å². The van der Waals surface area contributed by atoms with Gasteiger partial charge in [-0.3, -0.25) is 0 Å². The normalized spacial score (nSPS) is 17.3. The molecule has 9 heavy (non-hydrogen) atoms. The molecule has 0 saturated carbocycles. The third-order valence-corrected chi connectivity index (χ3v) is 1.03. The molecule has 0 aromatic carbocycles. The Hall–Kier alpha value is -0.120. The number of quaternary nitrogens is 1. The molecule has 0 aromatic rings. The van der Waals surface area contributed by atoms with Crippen LogP contribution in [0.2, 0.25) is 0 Å². The van der Waals surface area contributed by atoms with E-state index in [1.165, 1.54) is 7.05 Å². The van der Waals surface area contributed by atoms with Crippen molar-refractivity contribution in [3.63, 3.8) is 0 Å². The largest absolute Gasteiger partial charge is 0.598 e. The Morgan fingerprint density at radius 3 is 2.33 bits per heavy atom. The maximum absolute atomic E-state index is 11.0. The zero-order valence-corrected chi connectivity index (χ0v) is 6.39. The van der Waals surface area contributed by atoms with E-state index in [9.17, 15) is 5.21 Å². The summed E-state index contributed by atoms with van der Waals surface area (Å²) in [6, 6.07) is 0. The Morgan fingerprint density at radius 1 is 1.44 bits per heavy atom. The van der Waals surface area contributed by atoms with Gasteiger partial charge in [0.1, 0.15) is 13.2 Å². The Morgan fingerprint density at radius 2 is 2.00 bits per heavy atom. The van der Waals surface area contributed by atoms with Crippen LogP contribution in [-0.4, -0.2) is 25.0 Å². The smallest absolute Gasteiger partial charge is 0.108 e. The second-order valence-corrected chi connectivity index (χ2v) is 2.16. The SMILES string of the molecule is CCC[N+](C)([O-])OCC. The van der Waals surface area contributed by atoms with Crippen molar-refractivity contribution in [1.29, 1.82) is 0 Å². The lowest BCUT2D eigenvalue weighted by Gasteiger charge is -2.33. The first-order valence-corrected chi connectivity index (χ1v) is 3.33. The van der Waals surface area contributed by atoms with Crippen LogP contribution in [0.15, 0.2) is 0 Å². The van der Waals surface area contributed by atoms with Crippen LogP contribution in [-0.2, 0) is 4.84 Å². The molecule has 0 bridgehead atoms. The van der Waals surface area contributed by atoms with E-state index in [0.717, 1.165) is 6.42 Å². The molecule has 0 N–H and O–H groups in total. The van der Waals surface area contributed by atoms with Crippen LogP contribution in [0, 0.1) is 5.21 Å². The van der Waals surface area contributed by atoms with E-state index in [0.29, 0.717) is 13.2 Å². The molecule has 0 aromatic heterocycles. The predicted octanol–water partition coefficient (Wildman–Crippen LogP) is 1.29. The Balaban J connectivity index is 3.43. The molecule has 3 nitrogen and oxygen atoms in total. The van der Waals surface area contributed by atoms with E-state index in [-0.39, 0.29) is 0 Å². The van der Waals surface area contributed by atoms with Crippen molar-refractivity contribution in [2.24, 2.45) is 0 Å². The van der Waals surface area contributed by atoms with Gasteiger partial charge in [0.25, 0.3) is 0 Å². The van der Waals surface area contributed by atoms with Crippen LogP contribution in [0.25, 0.3) is 0 Å². The molecule has 0 amide bonds. The molecule has 0 aliphatic carbocycles. The van der Waals surface area contributed by atoms with Crippen LogP contribution in [0.5, 0.6) is 0 Å². The topological polar surface area (TPSA) is 32.3 Å². The summed E-state index contributed by atoms with van der Waals surface area (Å²) in [6.07, 6.45) is 0.861. The van der Waals surface area contributed by atoms with Crippen LogP contribution >= 0.6 is 0 Å². The second-order valence-electron chi connectivity index (χ2n) is 2.16. The first kappa shape index (κ1) is 8.88. The third kappa shape index (κ3) is 4.39. The van der Waals surface area contributed by atoms with Crippen LogP contribution in [0.4, 0.5) is 0 Å². The lowest BCUT2D eigenvalue weighted by atomic mass is 10.5. The number of hydroxylamine groups is 4. The van der Waals surface area contributed by atoms with Gasteiger partial charge in [0, 0.05) is 0 Å². The fourth-order valence-corrected chi connectivity index (χ4v) is 0.744. The fourth-order valence-electron chi connectivity index (χ4n) is 0.744. The highest BCUT2D eigenvalue weighted by Crippen LogP contribution is 2.00. The molecule has 0 radical (unpaired) electrons. The molecule has 1 atom stereocenters. The summed E-state index contributed by atoms with van der Waals surface area (Å²) < 4.78 is 0. The minimum Gasteiger partial charge on any atom is -0.598 e. The summed E-state index contributed by atoms with van der Waals surface area (Å²) in [7, 11) is 1.52. The number of rotatable bonds is 4. The summed E-state index contributed by atoms with van der Waals surface area (Å²) in [6.45, 7) is 4.81. The van der Waals surface area contributed by atoms with Gasteiger partial charge in [-0.05, 0) is 13.3 Å². The van der Waals surface area contributed by atoms with Crippen molar-refractivity contribution in [3.05, 3.63) is 5.21 Å². The van der Waals surface area contributed by atoms with E-state index in [2.05, 4.69) is 0 Å². The molecule has 1 unspecified atom stereocenters. The number of hydrogen-bond donors (Lipinski definition) is 0. The van der Waals surface area contributed by atoms with Crippen molar-refractivity contribution in [2.45, 2.75) is 20.3 Å². The monoisotopic (exact) mass is 133 g/mol. The highest BCUT2D eigenvalue weighted by Gasteiger charge is 2.06. The summed E-state index contributed by atoms with van der Waals surface area (Å²) >= 11 is 0. The zero-order valence-electron chi connectivity index (χ0n) is 6.39. The maximum atomic E-state index is 11.0. The van der Waals surface area contributed by atoms with Gasteiger partial charge in [-0.1, -0.05) is 6.92 Å². The van der Waals surface area contributed by atoms with Gasteiger partial charge in [-0.2, -0.15) is 0 Å². The molecule has 0 aliphatic heterocycles. The lowest BCUT2D eigenvalue weighted by Crippen LogP contribution is -2.37. The van der Waals surface area contributed by atoms with Gasteiger partial charge >= 0.3 is 0 Å². The van der Waals surface area contributed by atoms with Gasteiger partial charge < -0.3 is 5.21 Å². The average Bonchev–Trinajstić information content (AvgIpc) is 1.64. The van der Waals surface area contributed by atoms with Gasteiger partial charge in [0.2, 0.25) is 0 Å². The van der Waals surface area contributed by atoms with Crippen molar-refractivity contribution in [1.82, 2.24) is 0 Å². The first-order chi connectivity index (χ1) is 4.12. The minimum absolute atomic E-state index is 0.486.